The van der Waals surface area contributed by atoms with Crippen LogP contribution in [0.2, 0.25) is 0 Å². The van der Waals surface area contributed by atoms with Gasteiger partial charge in [-0.05, 0) is 38.6 Å². The summed E-state index contributed by atoms with van der Waals surface area (Å²) in [6.07, 6.45) is 3.66. The minimum atomic E-state index is -0.0565. The third kappa shape index (κ3) is 3.01. The number of rotatable bonds is 4. The molecular weight excluding hydrogens is 304 g/mol. The van der Waals surface area contributed by atoms with Gasteiger partial charge in [-0.2, -0.15) is 0 Å². The molecule has 2 aromatic rings. The molecule has 1 atom stereocenters. The number of aryl methyl sites for hydroxylation is 2. The molecule has 0 saturated heterocycles. The number of likely N-dealkylation sites (N-methyl/N-ethyl adjacent to an activating group) is 1. The number of benzene rings is 1. The van der Waals surface area contributed by atoms with Crippen LogP contribution in [-0.2, 0) is 13.5 Å². The molecule has 24 heavy (non-hydrogen) atoms. The van der Waals surface area contributed by atoms with E-state index in [2.05, 4.69) is 16.1 Å². The van der Waals surface area contributed by atoms with Crippen molar-refractivity contribution in [1.82, 2.24) is 14.7 Å². The summed E-state index contributed by atoms with van der Waals surface area (Å²) < 4.78 is 6.91. The molecule has 128 valence electrons. The lowest BCUT2D eigenvalue weighted by Crippen LogP contribution is -2.48. The van der Waals surface area contributed by atoms with Crippen LogP contribution in [0.25, 0.3) is 0 Å². The van der Waals surface area contributed by atoms with Crippen LogP contribution in [0.1, 0.15) is 22.3 Å². The Balaban J connectivity index is 2.04. The molecule has 2 heterocycles. The second kappa shape index (κ2) is 6.65. The molecule has 0 fully saturated rings. The maximum absolute atomic E-state index is 13.3. The lowest BCUT2D eigenvalue weighted by molar-refractivity contribution is 0.0965. The maximum Gasteiger partial charge on any atom is 0.265 e. The molecule has 1 amide bonds. The summed E-state index contributed by atoms with van der Waals surface area (Å²) in [6.45, 7) is 0.822. The van der Waals surface area contributed by atoms with E-state index in [-0.39, 0.29) is 11.9 Å². The molecular formula is C18H24N4O2. The standard InChI is InChI=1S/C18H24N4O2/c1-20(2)11-14-10-9-13-7-5-6-8-16(13)22(14)18(23)15-12-21(3)19-17(15)24-4/h5-8,12,14H,9-11H2,1-4H3. The largest absolute Gasteiger partial charge is 0.479 e. The summed E-state index contributed by atoms with van der Waals surface area (Å²) in [6, 6.07) is 8.27. The van der Waals surface area contributed by atoms with Crippen LogP contribution in [-0.4, -0.2) is 54.4 Å². The minimum absolute atomic E-state index is 0.0565. The predicted octanol–water partition coefficient (Wildman–Crippen LogP) is 1.95. The average Bonchev–Trinajstić information content (AvgIpc) is 2.94. The first-order valence-electron chi connectivity index (χ1n) is 8.15. The fraction of sp³-hybridized carbons (Fsp3) is 0.444. The highest BCUT2D eigenvalue weighted by atomic mass is 16.5. The van der Waals surface area contributed by atoms with E-state index >= 15 is 0 Å². The molecule has 3 rings (SSSR count). The summed E-state index contributed by atoms with van der Waals surface area (Å²) in [5.74, 6) is 0.313. The molecule has 0 saturated carbocycles. The van der Waals surface area contributed by atoms with Gasteiger partial charge in [0.15, 0.2) is 0 Å². The Labute approximate surface area is 142 Å². The number of hydrogen-bond donors (Lipinski definition) is 0. The number of carbonyl (C=O) groups is 1. The van der Waals surface area contributed by atoms with Crippen LogP contribution >= 0.6 is 0 Å². The number of carbonyl (C=O) groups excluding carboxylic acids is 1. The van der Waals surface area contributed by atoms with Gasteiger partial charge in [0.2, 0.25) is 5.88 Å². The Morgan fingerprint density at radius 1 is 1.38 bits per heavy atom. The van der Waals surface area contributed by atoms with E-state index in [9.17, 15) is 4.79 Å². The van der Waals surface area contributed by atoms with Crippen molar-refractivity contribution < 1.29 is 9.53 Å². The van der Waals surface area contributed by atoms with Gasteiger partial charge in [-0.15, -0.1) is 5.10 Å². The molecule has 6 nitrogen and oxygen atoms in total. The van der Waals surface area contributed by atoms with Crippen molar-refractivity contribution in [2.24, 2.45) is 7.05 Å². The van der Waals surface area contributed by atoms with Gasteiger partial charge in [-0.1, -0.05) is 18.2 Å². The number of fused-ring (bicyclic) bond motifs is 1. The third-order valence-electron chi connectivity index (χ3n) is 4.38. The topological polar surface area (TPSA) is 50.6 Å². The summed E-state index contributed by atoms with van der Waals surface area (Å²) in [5.41, 5.74) is 2.70. The number of ether oxygens (including phenoxy) is 1. The van der Waals surface area contributed by atoms with Gasteiger partial charge in [0.1, 0.15) is 5.56 Å². The Kier molecular flexibility index (Phi) is 4.57. The quantitative estimate of drug-likeness (QED) is 0.861. The van der Waals surface area contributed by atoms with E-state index in [0.717, 1.165) is 25.1 Å². The van der Waals surface area contributed by atoms with Crippen molar-refractivity contribution in [3.63, 3.8) is 0 Å². The zero-order valence-electron chi connectivity index (χ0n) is 14.7. The fourth-order valence-corrected chi connectivity index (χ4v) is 3.37. The average molecular weight is 328 g/mol. The number of nitrogens with zero attached hydrogens (tertiary/aromatic N) is 4. The first-order valence-corrected chi connectivity index (χ1v) is 8.15. The molecule has 1 aliphatic rings. The van der Waals surface area contributed by atoms with Crippen molar-refractivity contribution in [3.8, 4) is 5.88 Å². The van der Waals surface area contributed by atoms with Gasteiger partial charge in [0, 0.05) is 25.5 Å². The highest BCUT2D eigenvalue weighted by molar-refractivity contribution is 6.08. The van der Waals surface area contributed by atoms with Crippen LogP contribution in [0.3, 0.4) is 0 Å². The minimum Gasteiger partial charge on any atom is -0.479 e. The van der Waals surface area contributed by atoms with Crippen LogP contribution in [0, 0.1) is 0 Å². The number of hydrogen-bond acceptors (Lipinski definition) is 4. The van der Waals surface area contributed by atoms with Crippen molar-refractivity contribution in [2.75, 3.05) is 32.6 Å². The SMILES string of the molecule is COc1nn(C)cc1C(=O)N1c2ccccc2CCC1CN(C)C. The lowest BCUT2D eigenvalue weighted by Gasteiger charge is -2.38. The molecule has 0 radical (unpaired) electrons. The van der Waals surface area contributed by atoms with Crippen molar-refractivity contribution in [2.45, 2.75) is 18.9 Å². The Hall–Kier alpha value is -2.34. The highest BCUT2D eigenvalue weighted by Crippen LogP contribution is 2.33. The van der Waals surface area contributed by atoms with Crippen LogP contribution in [0.5, 0.6) is 5.88 Å². The zero-order chi connectivity index (χ0) is 17.3. The monoisotopic (exact) mass is 328 g/mol. The molecule has 0 N–H and O–H groups in total. The predicted molar refractivity (Wildman–Crippen MR) is 93.7 cm³/mol. The van der Waals surface area contributed by atoms with Crippen molar-refractivity contribution >= 4 is 11.6 Å². The Bertz CT molecular complexity index is 738. The van der Waals surface area contributed by atoms with Gasteiger partial charge < -0.3 is 14.5 Å². The third-order valence-corrected chi connectivity index (χ3v) is 4.38. The maximum atomic E-state index is 13.3. The summed E-state index contributed by atoms with van der Waals surface area (Å²) in [7, 11) is 7.41. The van der Waals surface area contributed by atoms with Gasteiger partial charge in [-0.25, -0.2) is 0 Å². The van der Waals surface area contributed by atoms with E-state index in [1.54, 1.807) is 25.0 Å². The van der Waals surface area contributed by atoms with E-state index in [1.807, 2.05) is 37.2 Å². The summed E-state index contributed by atoms with van der Waals surface area (Å²) >= 11 is 0. The zero-order valence-corrected chi connectivity index (χ0v) is 14.7. The Morgan fingerprint density at radius 2 is 2.12 bits per heavy atom. The first kappa shape index (κ1) is 16.5. The van der Waals surface area contributed by atoms with Crippen molar-refractivity contribution in [1.29, 1.82) is 0 Å². The van der Waals surface area contributed by atoms with Gasteiger partial charge in [0.05, 0.1) is 13.2 Å². The second-order valence-electron chi connectivity index (χ2n) is 6.48. The van der Waals surface area contributed by atoms with Crippen LogP contribution in [0.4, 0.5) is 5.69 Å². The lowest BCUT2D eigenvalue weighted by atomic mass is 9.94. The fourth-order valence-electron chi connectivity index (χ4n) is 3.37. The van der Waals surface area contributed by atoms with Crippen LogP contribution < -0.4 is 9.64 Å². The number of methoxy groups -OCH3 is 1. The van der Waals surface area contributed by atoms with E-state index in [4.69, 9.17) is 4.74 Å². The van der Waals surface area contributed by atoms with E-state index < -0.39 is 0 Å². The number of anilines is 1. The molecule has 1 aromatic carbocycles. The highest BCUT2D eigenvalue weighted by Gasteiger charge is 2.33. The summed E-state index contributed by atoms with van der Waals surface area (Å²) in [5, 5.41) is 4.22. The smallest absolute Gasteiger partial charge is 0.265 e. The number of amides is 1. The molecule has 1 aliphatic heterocycles. The van der Waals surface area contributed by atoms with E-state index in [0.29, 0.717) is 11.4 Å². The molecule has 1 aromatic heterocycles. The number of aromatic nitrogens is 2. The molecule has 6 heteroatoms. The summed E-state index contributed by atoms with van der Waals surface area (Å²) in [4.78, 5) is 17.4. The normalized spacial score (nSPS) is 17.0. The number of para-hydroxylation sites is 1. The first-order chi connectivity index (χ1) is 11.5. The Morgan fingerprint density at radius 3 is 2.83 bits per heavy atom. The second-order valence-corrected chi connectivity index (χ2v) is 6.48. The van der Waals surface area contributed by atoms with E-state index in [1.165, 1.54) is 5.56 Å². The van der Waals surface area contributed by atoms with Crippen molar-refractivity contribution in [3.05, 3.63) is 41.6 Å². The molecule has 0 spiro atoms. The van der Waals surface area contributed by atoms with Gasteiger partial charge in [-0.3, -0.25) is 9.48 Å². The van der Waals surface area contributed by atoms with Gasteiger partial charge in [0.25, 0.3) is 5.91 Å². The van der Waals surface area contributed by atoms with Crippen LogP contribution in [0.15, 0.2) is 30.5 Å². The molecule has 0 aliphatic carbocycles. The molecule has 1 unspecified atom stereocenters. The molecule has 0 bridgehead atoms. The van der Waals surface area contributed by atoms with Gasteiger partial charge >= 0.3 is 0 Å².